The van der Waals surface area contributed by atoms with E-state index in [0.717, 1.165) is 12.8 Å². The lowest BCUT2D eigenvalue weighted by molar-refractivity contribution is -0.323. The van der Waals surface area contributed by atoms with Crippen LogP contribution in [0.25, 0.3) is 11.4 Å². The first-order valence-electron chi connectivity index (χ1n) is 13.4. The van der Waals surface area contributed by atoms with Crippen LogP contribution in [-0.4, -0.2) is 97.8 Å². The number of nitrogens with zero attached hydrogens (tertiary/aromatic N) is 5. The lowest BCUT2D eigenvalue weighted by Gasteiger charge is -2.28. The van der Waals surface area contributed by atoms with Gasteiger partial charge in [-0.25, -0.2) is 0 Å². The summed E-state index contributed by atoms with van der Waals surface area (Å²) in [7, 11) is 1.40. The molecule has 1 saturated heterocycles. The Kier molecular flexibility index (Phi) is 8.49. The molecule has 3 heterocycles. The molecule has 5 rings (SSSR count). The van der Waals surface area contributed by atoms with Crippen LogP contribution in [0, 0.1) is 5.92 Å². The number of aromatic nitrogens is 4. The minimum atomic E-state index is -3.52. The van der Waals surface area contributed by atoms with E-state index in [9.17, 15) is 29.7 Å². The summed E-state index contributed by atoms with van der Waals surface area (Å²) in [6.07, 6.45) is -2.03. The lowest BCUT2D eigenvalue weighted by atomic mass is 10.1. The van der Waals surface area contributed by atoms with Crippen molar-refractivity contribution in [1.82, 2.24) is 30.6 Å². The molecule has 6 N–H and O–H groups in total. The molecule has 0 spiro atoms. The Bertz CT molecular complexity index is 1510. The predicted molar refractivity (Wildman–Crippen MR) is 146 cm³/mol. The molecule has 2 fully saturated rings. The molecule has 43 heavy (non-hydrogen) atoms. The van der Waals surface area contributed by atoms with Gasteiger partial charge in [0.05, 0.1) is 37.3 Å². The summed E-state index contributed by atoms with van der Waals surface area (Å²) in [5, 5.41) is 46.6. The number of para-hydroxylation sites is 1. The second-order valence-electron chi connectivity index (χ2n) is 9.97. The largest absolute Gasteiger partial charge is 0.494 e. The van der Waals surface area contributed by atoms with Crippen molar-refractivity contribution < 1.29 is 43.7 Å². The maximum atomic E-state index is 12.9. The van der Waals surface area contributed by atoms with Crippen molar-refractivity contribution in [2.45, 2.75) is 31.8 Å². The summed E-state index contributed by atoms with van der Waals surface area (Å²) in [5.41, 5.74) is 0.185. The van der Waals surface area contributed by atoms with Crippen molar-refractivity contribution in [3.05, 3.63) is 35.9 Å². The van der Waals surface area contributed by atoms with Crippen LogP contribution in [0.15, 0.2) is 28.8 Å². The zero-order chi connectivity index (χ0) is 30.7. The smallest absolute Gasteiger partial charge is 0.369 e. The van der Waals surface area contributed by atoms with Gasteiger partial charge in [0.2, 0.25) is 23.5 Å². The Morgan fingerprint density at radius 2 is 1.86 bits per heavy atom. The number of amides is 3. The number of methoxy groups -OCH3 is 1. The Morgan fingerprint density at radius 1 is 1.12 bits per heavy atom. The maximum absolute atomic E-state index is 12.9. The molecular weight excluding hydrogens is 568 g/mol. The highest BCUT2D eigenvalue weighted by Crippen LogP contribution is 2.38. The quantitative estimate of drug-likeness (QED) is 0.167. The molecule has 1 atom stereocenters. The minimum absolute atomic E-state index is 0.0241. The van der Waals surface area contributed by atoms with Crippen LogP contribution in [0.4, 0.5) is 17.2 Å². The molecule has 17 nitrogen and oxygen atoms in total. The highest BCUT2D eigenvalue weighted by Gasteiger charge is 2.32. The topological polar surface area (TPSA) is 234 Å². The van der Waals surface area contributed by atoms with Crippen LogP contribution in [0.5, 0.6) is 5.75 Å². The number of morpholine rings is 1. The molecule has 3 aromatic rings. The molecule has 0 bridgehead atoms. The summed E-state index contributed by atoms with van der Waals surface area (Å²) in [5.74, 6) is -1.97. The first-order valence-corrected chi connectivity index (χ1v) is 13.4. The molecule has 1 unspecified atom stereocenters. The first-order chi connectivity index (χ1) is 20.5. The van der Waals surface area contributed by atoms with Gasteiger partial charge in [0.15, 0.2) is 17.3 Å². The fourth-order valence-electron chi connectivity index (χ4n) is 4.36. The Balaban J connectivity index is 1.44. The van der Waals surface area contributed by atoms with Crippen LogP contribution in [0.1, 0.15) is 42.1 Å². The third-order valence-corrected chi connectivity index (χ3v) is 6.72. The van der Waals surface area contributed by atoms with E-state index in [0.29, 0.717) is 31.9 Å². The Labute approximate surface area is 244 Å². The van der Waals surface area contributed by atoms with Crippen LogP contribution in [-0.2, 0) is 14.3 Å². The number of nitrogens with one attached hydrogen (secondary N) is 3. The van der Waals surface area contributed by atoms with Crippen LogP contribution >= 0.6 is 0 Å². The van der Waals surface area contributed by atoms with Gasteiger partial charge in [0, 0.05) is 25.1 Å². The highest BCUT2D eigenvalue weighted by atomic mass is 16.7. The standard InChI is InChI=1S/C26H30N8O9/c1-13(25(37)34-8-10-42-11-9-34)24-29-21(33-43-24)15-4-3-5-16(20(15)41-2)27-17-12-18(28-22(35)14-6-7-14)31-32-19(17)23(36)30-26(38,39)40/h3-5,12-14,38-40H,6-11H2,1-2H3,(H,30,36)(H2,27,28,31,35). The van der Waals surface area contributed by atoms with Crippen molar-refractivity contribution in [1.29, 1.82) is 0 Å². The average Bonchev–Trinajstić information content (AvgIpc) is 3.72. The number of anilines is 3. The zero-order valence-electron chi connectivity index (χ0n) is 23.2. The Morgan fingerprint density at radius 3 is 2.53 bits per heavy atom. The van der Waals surface area contributed by atoms with Gasteiger partial charge in [-0.3, -0.25) is 19.7 Å². The van der Waals surface area contributed by atoms with Crippen LogP contribution in [0.2, 0.25) is 0 Å². The second-order valence-corrected chi connectivity index (χ2v) is 9.97. The number of hydrogen-bond acceptors (Lipinski definition) is 14. The molecule has 228 valence electrons. The van der Waals surface area contributed by atoms with E-state index in [2.05, 4.69) is 31.0 Å². The number of carbonyl (C=O) groups excluding carboxylic acids is 3. The van der Waals surface area contributed by atoms with E-state index < -0.39 is 23.6 Å². The van der Waals surface area contributed by atoms with E-state index in [1.807, 2.05) is 0 Å². The van der Waals surface area contributed by atoms with Gasteiger partial charge in [-0.2, -0.15) is 4.98 Å². The summed E-state index contributed by atoms with van der Waals surface area (Å²) in [6.45, 7) is 3.52. The number of benzene rings is 1. The van der Waals surface area contributed by atoms with Gasteiger partial charge >= 0.3 is 6.10 Å². The highest BCUT2D eigenvalue weighted by molar-refractivity contribution is 6.00. The van der Waals surface area contributed by atoms with Gasteiger partial charge in [-0.1, -0.05) is 11.2 Å². The van der Waals surface area contributed by atoms with E-state index >= 15 is 0 Å². The molecule has 2 aromatic heterocycles. The van der Waals surface area contributed by atoms with Gasteiger partial charge in [-0.15, -0.1) is 10.2 Å². The SMILES string of the molecule is COc1c(Nc2cc(NC(=O)C3CC3)nnc2C(=O)NC(O)(O)O)cccc1-c1noc(C(C)C(=O)N2CCOCC2)n1. The molecule has 1 aliphatic heterocycles. The maximum Gasteiger partial charge on any atom is 0.369 e. The van der Waals surface area contributed by atoms with Crippen molar-refractivity contribution >= 4 is 34.9 Å². The van der Waals surface area contributed by atoms with Crippen molar-refractivity contribution in [2.24, 2.45) is 5.92 Å². The molecular formula is C26H30N8O9. The molecule has 0 radical (unpaired) electrons. The summed E-state index contributed by atoms with van der Waals surface area (Å²) in [4.78, 5) is 44.0. The third-order valence-electron chi connectivity index (χ3n) is 6.72. The van der Waals surface area contributed by atoms with Crippen molar-refractivity contribution in [3.8, 4) is 17.1 Å². The fraction of sp³-hybridized carbons (Fsp3) is 0.423. The first kappa shape index (κ1) is 29.8. The summed E-state index contributed by atoms with van der Waals surface area (Å²) < 4.78 is 16.4. The predicted octanol–water partition coefficient (Wildman–Crippen LogP) is -0.0924. The zero-order valence-corrected chi connectivity index (χ0v) is 23.2. The number of hydrogen-bond donors (Lipinski definition) is 6. The van der Waals surface area contributed by atoms with Gasteiger partial charge in [0.1, 0.15) is 5.92 Å². The van der Waals surface area contributed by atoms with E-state index in [4.69, 9.17) is 14.0 Å². The van der Waals surface area contributed by atoms with Gasteiger partial charge in [-0.05, 0) is 31.9 Å². The molecule has 17 heteroatoms. The molecule has 2 aliphatic rings. The fourth-order valence-corrected chi connectivity index (χ4v) is 4.36. The minimum Gasteiger partial charge on any atom is -0.494 e. The number of aliphatic hydroxyl groups is 3. The van der Waals surface area contributed by atoms with Crippen LogP contribution < -0.4 is 20.7 Å². The lowest BCUT2D eigenvalue weighted by Crippen LogP contribution is -2.48. The third kappa shape index (κ3) is 7.03. The van der Waals surface area contributed by atoms with E-state index in [1.165, 1.54) is 13.2 Å². The summed E-state index contributed by atoms with van der Waals surface area (Å²) in [6, 6.07) is 6.22. The number of carbonyl (C=O) groups is 3. The van der Waals surface area contributed by atoms with Gasteiger partial charge in [0.25, 0.3) is 5.91 Å². The Hall–Kier alpha value is -4.71. The van der Waals surface area contributed by atoms with Crippen molar-refractivity contribution in [2.75, 3.05) is 44.0 Å². The second kappa shape index (κ2) is 12.3. The molecule has 1 aliphatic carbocycles. The van der Waals surface area contributed by atoms with E-state index in [-0.39, 0.29) is 52.4 Å². The number of rotatable bonds is 10. The van der Waals surface area contributed by atoms with E-state index in [1.54, 1.807) is 35.3 Å². The molecule has 1 aromatic carbocycles. The summed E-state index contributed by atoms with van der Waals surface area (Å²) >= 11 is 0. The van der Waals surface area contributed by atoms with Crippen molar-refractivity contribution in [3.63, 3.8) is 0 Å². The molecule has 1 saturated carbocycles. The monoisotopic (exact) mass is 598 g/mol. The number of ether oxygens (including phenoxy) is 2. The molecule has 3 amide bonds. The average molecular weight is 599 g/mol. The van der Waals surface area contributed by atoms with Crippen LogP contribution in [0.3, 0.4) is 0 Å². The van der Waals surface area contributed by atoms with Gasteiger partial charge < -0.3 is 44.8 Å². The normalized spacial score (nSPS) is 15.9.